The van der Waals surface area contributed by atoms with Crippen LogP contribution in [0.2, 0.25) is 0 Å². The second kappa shape index (κ2) is 5.07. The summed E-state index contributed by atoms with van der Waals surface area (Å²) in [5.74, 6) is 0.973. The first-order valence-electron chi connectivity index (χ1n) is 6.28. The molecule has 0 bridgehead atoms. The number of ether oxygens (including phenoxy) is 1. The molecule has 1 unspecified atom stereocenters. The highest BCUT2D eigenvalue weighted by molar-refractivity contribution is 5.31. The van der Waals surface area contributed by atoms with Crippen molar-refractivity contribution in [3.63, 3.8) is 0 Å². The number of benzene rings is 1. The molecule has 3 nitrogen and oxygen atoms in total. The largest absolute Gasteiger partial charge is 0.491 e. The van der Waals surface area contributed by atoms with Crippen molar-refractivity contribution in [2.45, 2.75) is 25.3 Å². The molecule has 17 heavy (non-hydrogen) atoms. The Morgan fingerprint density at radius 2 is 2.18 bits per heavy atom. The van der Waals surface area contributed by atoms with Gasteiger partial charge >= 0.3 is 0 Å². The van der Waals surface area contributed by atoms with Crippen LogP contribution in [0.15, 0.2) is 24.3 Å². The molecule has 0 amide bonds. The number of rotatable bonds is 4. The van der Waals surface area contributed by atoms with Gasteiger partial charge in [-0.25, -0.2) is 0 Å². The van der Waals surface area contributed by atoms with Crippen molar-refractivity contribution in [3.8, 4) is 5.75 Å². The lowest BCUT2D eigenvalue weighted by Crippen LogP contribution is -2.52. The van der Waals surface area contributed by atoms with E-state index in [0.717, 1.165) is 18.7 Å². The summed E-state index contributed by atoms with van der Waals surface area (Å²) in [5, 5.41) is 0. The molecule has 1 heterocycles. The predicted octanol–water partition coefficient (Wildman–Crippen LogP) is 1.80. The van der Waals surface area contributed by atoms with E-state index in [2.05, 4.69) is 24.9 Å². The Bertz CT molecular complexity index is 380. The molecular formula is C14H22N2O. The molecule has 1 aromatic carbocycles. The third kappa shape index (κ3) is 2.45. The average Bonchev–Trinajstić information content (AvgIpc) is 2.70. The van der Waals surface area contributed by atoms with Gasteiger partial charge in [0.15, 0.2) is 0 Å². The van der Waals surface area contributed by atoms with E-state index in [9.17, 15) is 0 Å². The summed E-state index contributed by atoms with van der Waals surface area (Å²) in [7, 11) is 2.14. The third-order valence-corrected chi connectivity index (χ3v) is 3.92. The van der Waals surface area contributed by atoms with Crippen LogP contribution in [0.1, 0.15) is 18.4 Å². The number of nitrogens with zero attached hydrogens (tertiary/aromatic N) is 1. The molecule has 1 aliphatic rings. The molecule has 1 aliphatic heterocycles. The van der Waals surface area contributed by atoms with Crippen LogP contribution in [-0.4, -0.2) is 37.2 Å². The summed E-state index contributed by atoms with van der Waals surface area (Å²) in [4.78, 5) is 2.34. The molecule has 2 rings (SSSR count). The summed E-state index contributed by atoms with van der Waals surface area (Å²) >= 11 is 0. The van der Waals surface area contributed by atoms with Crippen molar-refractivity contribution in [3.05, 3.63) is 29.8 Å². The molecule has 3 heteroatoms. The smallest absolute Gasteiger partial charge is 0.122 e. The molecular weight excluding hydrogens is 212 g/mol. The minimum Gasteiger partial charge on any atom is -0.491 e. The van der Waals surface area contributed by atoms with Crippen molar-refractivity contribution in [1.29, 1.82) is 0 Å². The normalized spacial score (nSPS) is 25.1. The van der Waals surface area contributed by atoms with E-state index >= 15 is 0 Å². The molecule has 1 atom stereocenters. The van der Waals surface area contributed by atoms with Crippen LogP contribution < -0.4 is 10.5 Å². The second-order valence-electron chi connectivity index (χ2n) is 5.01. The fourth-order valence-electron chi connectivity index (χ4n) is 2.50. The van der Waals surface area contributed by atoms with Crippen LogP contribution in [-0.2, 0) is 0 Å². The molecule has 94 valence electrons. The summed E-state index contributed by atoms with van der Waals surface area (Å²) in [6.07, 6.45) is 2.34. The van der Waals surface area contributed by atoms with Gasteiger partial charge in [0.1, 0.15) is 12.4 Å². The first kappa shape index (κ1) is 12.4. The van der Waals surface area contributed by atoms with E-state index in [0.29, 0.717) is 13.2 Å². The van der Waals surface area contributed by atoms with Crippen LogP contribution in [0.3, 0.4) is 0 Å². The highest BCUT2D eigenvalue weighted by Crippen LogP contribution is 2.28. The number of para-hydroxylation sites is 1. The Labute approximate surface area is 104 Å². The standard InChI is InChI=1S/C14H22N2O/c1-12-6-3-4-7-13(12)17-11-14(10-15)8-5-9-16(14)2/h3-4,6-7H,5,8-11,15H2,1-2H3. The molecule has 0 spiro atoms. The average molecular weight is 234 g/mol. The van der Waals surface area contributed by atoms with Crippen molar-refractivity contribution < 1.29 is 4.74 Å². The van der Waals surface area contributed by atoms with Crippen LogP contribution in [0.25, 0.3) is 0 Å². The maximum absolute atomic E-state index is 5.96. The van der Waals surface area contributed by atoms with Gasteiger partial charge in [-0.3, -0.25) is 4.90 Å². The first-order valence-corrected chi connectivity index (χ1v) is 6.28. The van der Waals surface area contributed by atoms with Gasteiger partial charge in [-0.05, 0) is 45.0 Å². The fraction of sp³-hybridized carbons (Fsp3) is 0.571. The fourth-order valence-corrected chi connectivity index (χ4v) is 2.50. The van der Waals surface area contributed by atoms with Gasteiger partial charge in [0.25, 0.3) is 0 Å². The van der Waals surface area contributed by atoms with Gasteiger partial charge in [0.05, 0.1) is 5.54 Å². The van der Waals surface area contributed by atoms with Gasteiger partial charge in [0, 0.05) is 6.54 Å². The number of aryl methyl sites for hydroxylation is 1. The minimum atomic E-state index is 0.0300. The number of likely N-dealkylation sites (tertiary alicyclic amines) is 1. The van der Waals surface area contributed by atoms with Crippen molar-refractivity contribution in [2.75, 3.05) is 26.7 Å². The Balaban J connectivity index is 2.04. The second-order valence-corrected chi connectivity index (χ2v) is 5.01. The molecule has 1 fully saturated rings. The van der Waals surface area contributed by atoms with E-state index in [-0.39, 0.29) is 5.54 Å². The Morgan fingerprint density at radius 3 is 2.76 bits per heavy atom. The zero-order valence-corrected chi connectivity index (χ0v) is 10.8. The van der Waals surface area contributed by atoms with E-state index in [1.165, 1.54) is 12.0 Å². The quantitative estimate of drug-likeness (QED) is 0.863. The van der Waals surface area contributed by atoms with E-state index < -0.39 is 0 Å². The Hall–Kier alpha value is -1.06. The highest BCUT2D eigenvalue weighted by atomic mass is 16.5. The van der Waals surface area contributed by atoms with E-state index in [4.69, 9.17) is 10.5 Å². The number of likely N-dealkylation sites (N-methyl/N-ethyl adjacent to an activating group) is 1. The van der Waals surface area contributed by atoms with E-state index in [1.54, 1.807) is 0 Å². The predicted molar refractivity (Wildman–Crippen MR) is 70.3 cm³/mol. The number of nitrogens with two attached hydrogens (primary N) is 1. The van der Waals surface area contributed by atoms with Crippen LogP contribution in [0.4, 0.5) is 0 Å². The van der Waals surface area contributed by atoms with Crippen LogP contribution >= 0.6 is 0 Å². The molecule has 0 radical (unpaired) electrons. The Morgan fingerprint density at radius 1 is 1.41 bits per heavy atom. The molecule has 1 saturated heterocycles. The van der Waals surface area contributed by atoms with E-state index in [1.807, 2.05) is 18.2 Å². The van der Waals surface area contributed by atoms with Crippen LogP contribution in [0.5, 0.6) is 5.75 Å². The SMILES string of the molecule is Cc1ccccc1OCC1(CN)CCCN1C. The van der Waals surface area contributed by atoms with Crippen molar-refractivity contribution in [2.24, 2.45) is 5.73 Å². The van der Waals surface area contributed by atoms with Crippen molar-refractivity contribution >= 4 is 0 Å². The first-order chi connectivity index (χ1) is 8.18. The van der Waals surface area contributed by atoms with Gasteiger partial charge in [-0.15, -0.1) is 0 Å². The third-order valence-electron chi connectivity index (χ3n) is 3.92. The van der Waals surface area contributed by atoms with Gasteiger partial charge in [0.2, 0.25) is 0 Å². The molecule has 0 saturated carbocycles. The number of hydrogen-bond donors (Lipinski definition) is 1. The van der Waals surface area contributed by atoms with Gasteiger partial charge in [-0.2, -0.15) is 0 Å². The molecule has 2 N–H and O–H groups in total. The maximum atomic E-state index is 5.96. The van der Waals surface area contributed by atoms with Gasteiger partial charge in [-0.1, -0.05) is 18.2 Å². The van der Waals surface area contributed by atoms with Crippen LogP contribution in [0, 0.1) is 6.92 Å². The lowest BCUT2D eigenvalue weighted by atomic mass is 9.98. The molecule has 0 aliphatic carbocycles. The maximum Gasteiger partial charge on any atom is 0.122 e. The Kier molecular flexibility index (Phi) is 3.69. The zero-order valence-electron chi connectivity index (χ0n) is 10.8. The lowest BCUT2D eigenvalue weighted by Gasteiger charge is -2.34. The molecule has 1 aromatic rings. The summed E-state index contributed by atoms with van der Waals surface area (Å²) in [6, 6.07) is 8.13. The monoisotopic (exact) mass is 234 g/mol. The topological polar surface area (TPSA) is 38.5 Å². The van der Waals surface area contributed by atoms with Gasteiger partial charge < -0.3 is 10.5 Å². The zero-order chi connectivity index (χ0) is 12.3. The minimum absolute atomic E-state index is 0.0300. The number of hydrogen-bond acceptors (Lipinski definition) is 3. The molecule has 0 aromatic heterocycles. The highest BCUT2D eigenvalue weighted by Gasteiger charge is 2.38. The summed E-state index contributed by atoms with van der Waals surface area (Å²) in [5.41, 5.74) is 7.15. The van der Waals surface area contributed by atoms with Crippen molar-refractivity contribution in [1.82, 2.24) is 4.90 Å². The summed E-state index contributed by atoms with van der Waals surface area (Å²) < 4.78 is 5.96. The summed E-state index contributed by atoms with van der Waals surface area (Å²) in [6.45, 7) is 4.54. The lowest BCUT2D eigenvalue weighted by molar-refractivity contribution is 0.104.